The molecule has 0 unspecified atom stereocenters. The summed E-state index contributed by atoms with van der Waals surface area (Å²) in [5.41, 5.74) is 4.65. The van der Waals surface area contributed by atoms with E-state index in [-0.39, 0.29) is 17.6 Å². The molecule has 0 spiro atoms. The van der Waals surface area contributed by atoms with Crippen LogP contribution in [0.25, 0.3) is 5.69 Å². The van der Waals surface area contributed by atoms with Gasteiger partial charge in [-0.25, -0.2) is 9.67 Å². The highest BCUT2D eigenvalue weighted by Crippen LogP contribution is 2.29. The third-order valence-electron chi connectivity index (χ3n) is 5.74. The number of hydrogen-bond acceptors (Lipinski definition) is 5. The Morgan fingerprint density at radius 3 is 2.59 bits per heavy atom. The van der Waals surface area contributed by atoms with Gasteiger partial charge in [0.25, 0.3) is 5.91 Å². The van der Waals surface area contributed by atoms with Gasteiger partial charge in [0.2, 0.25) is 5.91 Å². The molecular weight excluding hydrogens is 446 g/mol. The number of aromatic nitrogens is 3. The first-order valence-corrected chi connectivity index (χ1v) is 12.0. The Bertz CT molecular complexity index is 1310. The molecule has 8 heteroatoms. The molecule has 0 saturated heterocycles. The predicted molar refractivity (Wildman–Crippen MR) is 132 cm³/mol. The molecule has 1 aliphatic heterocycles. The minimum Gasteiger partial charge on any atom is -0.348 e. The van der Waals surface area contributed by atoms with Crippen LogP contribution < -0.4 is 10.2 Å². The summed E-state index contributed by atoms with van der Waals surface area (Å²) in [5.74, 6) is 0.169. The number of benzene rings is 3. The Hall–Kier alpha value is -3.91. The average Bonchev–Trinajstić information content (AvgIpc) is 3.57. The second kappa shape index (κ2) is 9.93. The van der Waals surface area contributed by atoms with Crippen LogP contribution in [0.4, 0.5) is 5.69 Å². The maximum absolute atomic E-state index is 12.9. The number of anilines is 1. The van der Waals surface area contributed by atoms with E-state index in [9.17, 15) is 9.59 Å². The summed E-state index contributed by atoms with van der Waals surface area (Å²) in [4.78, 5) is 32.4. The predicted octanol–water partition coefficient (Wildman–Crippen LogP) is 3.88. The van der Waals surface area contributed by atoms with Gasteiger partial charge >= 0.3 is 0 Å². The van der Waals surface area contributed by atoms with Gasteiger partial charge in [-0.3, -0.25) is 9.59 Å². The van der Waals surface area contributed by atoms with E-state index in [4.69, 9.17) is 0 Å². The van der Waals surface area contributed by atoms with Gasteiger partial charge in [0, 0.05) is 23.7 Å². The van der Waals surface area contributed by atoms with Crippen molar-refractivity contribution < 1.29 is 9.59 Å². The lowest BCUT2D eigenvalue weighted by Crippen LogP contribution is -2.30. The normalized spacial score (nSPS) is 12.4. The Kier molecular flexibility index (Phi) is 6.40. The van der Waals surface area contributed by atoms with E-state index in [1.165, 1.54) is 23.7 Å². The van der Waals surface area contributed by atoms with Crippen molar-refractivity contribution in [2.75, 3.05) is 17.2 Å². The van der Waals surface area contributed by atoms with Crippen molar-refractivity contribution in [3.8, 4) is 5.69 Å². The van der Waals surface area contributed by atoms with E-state index in [0.717, 1.165) is 28.3 Å². The molecule has 1 aromatic heterocycles. The Morgan fingerprint density at radius 2 is 1.76 bits per heavy atom. The molecule has 0 saturated carbocycles. The van der Waals surface area contributed by atoms with Gasteiger partial charge < -0.3 is 10.2 Å². The second-order valence-corrected chi connectivity index (χ2v) is 8.92. The molecule has 0 fully saturated rings. The van der Waals surface area contributed by atoms with Crippen molar-refractivity contribution in [1.82, 2.24) is 20.1 Å². The minimum absolute atomic E-state index is 0.0534. The number of hydrogen-bond donors (Lipinski definition) is 1. The topological polar surface area (TPSA) is 80.1 Å². The number of amides is 2. The fourth-order valence-corrected chi connectivity index (χ4v) is 4.91. The summed E-state index contributed by atoms with van der Waals surface area (Å²) in [6, 6.07) is 23.2. The molecule has 2 heterocycles. The average molecular weight is 470 g/mol. The molecular formula is C26H23N5O2S. The van der Waals surface area contributed by atoms with Crippen molar-refractivity contribution in [3.63, 3.8) is 0 Å². The van der Waals surface area contributed by atoms with Crippen LogP contribution in [-0.2, 0) is 17.8 Å². The van der Waals surface area contributed by atoms with Gasteiger partial charge in [0.05, 0.1) is 17.0 Å². The summed E-state index contributed by atoms with van der Waals surface area (Å²) in [7, 11) is 0. The van der Waals surface area contributed by atoms with Gasteiger partial charge in [0.15, 0.2) is 0 Å². The number of carbonyl (C=O) groups is 2. The number of thioether (sulfide) groups is 1. The van der Waals surface area contributed by atoms with Crippen LogP contribution in [0.15, 0.2) is 90.3 Å². The first-order valence-electron chi connectivity index (χ1n) is 11.0. The van der Waals surface area contributed by atoms with Crippen LogP contribution >= 0.6 is 11.8 Å². The van der Waals surface area contributed by atoms with Crippen molar-refractivity contribution in [2.24, 2.45) is 0 Å². The maximum atomic E-state index is 12.9. The number of nitrogens with one attached hydrogen (secondary N) is 1. The van der Waals surface area contributed by atoms with Crippen LogP contribution in [0, 0.1) is 0 Å². The van der Waals surface area contributed by atoms with Crippen molar-refractivity contribution >= 4 is 29.3 Å². The summed E-state index contributed by atoms with van der Waals surface area (Å²) >= 11 is 1.40. The summed E-state index contributed by atoms with van der Waals surface area (Å²) in [6.45, 7) is 1.11. The van der Waals surface area contributed by atoms with Gasteiger partial charge in [0.1, 0.15) is 12.7 Å². The number of para-hydroxylation sites is 1. The number of carbonyl (C=O) groups excluding carboxylic acids is 2. The van der Waals surface area contributed by atoms with Crippen LogP contribution in [0.1, 0.15) is 21.5 Å². The van der Waals surface area contributed by atoms with E-state index in [0.29, 0.717) is 18.7 Å². The first kappa shape index (κ1) is 21.9. The molecule has 4 aromatic rings. The highest BCUT2D eigenvalue weighted by atomic mass is 32.2. The second-order valence-electron chi connectivity index (χ2n) is 7.90. The highest BCUT2D eigenvalue weighted by molar-refractivity contribution is 8.00. The lowest BCUT2D eigenvalue weighted by Gasteiger charge is -2.17. The van der Waals surface area contributed by atoms with E-state index in [1.807, 2.05) is 65.6 Å². The highest BCUT2D eigenvalue weighted by Gasteiger charge is 2.24. The first-order chi connectivity index (χ1) is 16.7. The summed E-state index contributed by atoms with van der Waals surface area (Å²) in [5, 5.41) is 7.10. The quantitative estimate of drug-likeness (QED) is 0.416. The zero-order valence-electron chi connectivity index (χ0n) is 18.4. The molecule has 170 valence electrons. The van der Waals surface area contributed by atoms with E-state index in [1.54, 1.807) is 17.1 Å². The fraction of sp³-hybridized carbons (Fsp3) is 0.154. The lowest BCUT2D eigenvalue weighted by molar-refractivity contribution is -0.116. The van der Waals surface area contributed by atoms with Gasteiger partial charge in [-0.15, -0.1) is 11.8 Å². The molecule has 1 aliphatic rings. The molecule has 0 aliphatic carbocycles. The lowest BCUT2D eigenvalue weighted by atomic mass is 10.2. The van der Waals surface area contributed by atoms with Gasteiger partial charge in [-0.05, 0) is 47.9 Å². The van der Waals surface area contributed by atoms with Crippen LogP contribution in [0.2, 0.25) is 0 Å². The molecule has 7 nitrogen and oxygen atoms in total. The monoisotopic (exact) mass is 469 g/mol. The molecule has 0 atom stereocenters. The van der Waals surface area contributed by atoms with E-state index in [2.05, 4.69) is 21.5 Å². The smallest absolute Gasteiger partial charge is 0.252 e. The Morgan fingerprint density at radius 1 is 0.971 bits per heavy atom. The zero-order valence-corrected chi connectivity index (χ0v) is 19.2. The van der Waals surface area contributed by atoms with E-state index >= 15 is 0 Å². The number of fused-ring (bicyclic) bond motifs is 1. The molecule has 5 rings (SSSR count). The number of rotatable bonds is 7. The van der Waals surface area contributed by atoms with Gasteiger partial charge in [-0.2, -0.15) is 5.10 Å². The molecule has 0 bridgehead atoms. The van der Waals surface area contributed by atoms with Crippen molar-refractivity contribution in [1.29, 1.82) is 0 Å². The molecule has 34 heavy (non-hydrogen) atoms. The third kappa shape index (κ3) is 4.72. The summed E-state index contributed by atoms with van der Waals surface area (Å²) in [6.07, 6.45) is 4.01. The van der Waals surface area contributed by atoms with Crippen molar-refractivity contribution in [2.45, 2.75) is 17.9 Å². The van der Waals surface area contributed by atoms with Crippen LogP contribution in [0.5, 0.6) is 0 Å². The maximum Gasteiger partial charge on any atom is 0.252 e. The fourth-order valence-electron chi connectivity index (χ4n) is 3.98. The van der Waals surface area contributed by atoms with Crippen LogP contribution in [0.3, 0.4) is 0 Å². The largest absolute Gasteiger partial charge is 0.348 e. The SMILES string of the molecule is O=C(NCc1ccc(-n2cncn2)cc1)c1ccccc1SCC(=O)N1CCc2ccccc21. The standard InChI is InChI=1S/C26H23N5O2S/c32-25(30-14-13-20-5-1-3-7-23(20)30)16-34-24-8-4-2-6-22(24)26(33)28-15-19-9-11-21(12-10-19)31-18-27-17-29-31/h1-12,17-18H,13-16H2,(H,28,33). The molecule has 3 aromatic carbocycles. The zero-order chi connectivity index (χ0) is 23.3. The van der Waals surface area contributed by atoms with Crippen LogP contribution in [-0.4, -0.2) is 38.9 Å². The van der Waals surface area contributed by atoms with Gasteiger partial charge in [-0.1, -0.05) is 42.5 Å². The minimum atomic E-state index is -0.164. The Balaban J connectivity index is 1.20. The van der Waals surface area contributed by atoms with Crippen molar-refractivity contribution in [3.05, 3.63) is 102 Å². The molecule has 0 radical (unpaired) electrons. The number of nitrogens with zero attached hydrogens (tertiary/aromatic N) is 4. The molecule has 1 N–H and O–H groups in total. The third-order valence-corrected chi connectivity index (χ3v) is 6.80. The van der Waals surface area contributed by atoms with E-state index < -0.39 is 0 Å². The summed E-state index contributed by atoms with van der Waals surface area (Å²) < 4.78 is 1.68. The Labute approximate surface area is 201 Å². The molecule has 2 amide bonds.